The minimum Gasteiger partial charge on any atom is -0.462 e. The first kappa shape index (κ1) is 23.6. The Labute approximate surface area is 199 Å². The lowest BCUT2D eigenvalue weighted by Gasteiger charge is -2.21. The van der Waals surface area contributed by atoms with Gasteiger partial charge in [-0.2, -0.15) is 0 Å². The SMILES string of the molecule is CCCOC(=O)c1cccc(Cn2c(CN(CC)CC)nc3sc4c(c3c2=O)CCCC4)c1. The number of hydrogen-bond acceptors (Lipinski definition) is 6. The van der Waals surface area contributed by atoms with Gasteiger partial charge in [-0.3, -0.25) is 14.3 Å². The predicted octanol–water partition coefficient (Wildman–Crippen LogP) is 4.79. The van der Waals surface area contributed by atoms with Crippen LogP contribution in [-0.4, -0.2) is 40.1 Å². The highest BCUT2D eigenvalue weighted by Crippen LogP contribution is 2.34. The fraction of sp³-hybridized carbons (Fsp3) is 0.500. The van der Waals surface area contributed by atoms with E-state index < -0.39 is 0 Å². The molecule has 1 aliphatic carbocycles. The molecule has 0 unspecified atom stereocenters. The topological polar surface area (TPSA) is 64.4 Å². The van der Waals surface area contributed by atoms with E-state index in [9.17, 15) is 9.59 Å². The smallest absolute Gasteiger partial charge is 0.338 e. The molecular weight excluding hydrogens is 434 g/mol. The van der Waals surface area contributed by atoms with Gasteiger partial charge in [0.15, 0.2) is 0 Å². The highest BCUT2D eigenvalue weighted by atomic mass is 32.1. The number of benzene rings is 1. The summed E-state index contributed by atoms with van der Waals surface area (Å²) in [6, 6.07) is 7.40. The molecule has 0 bridgehead atoms. The highest BCUT2D eigenvalue weighted by Gasteiger charge is 2.23. The first-order chi connectivity index (χ1) is 16.0. The number of hydrogen-bond donors (Lipinski definition) is 0. The summed E-state index contributed by atoms with van der Waals surface area (Å²) in [5.41, 5.74) is 2.66. The number of thiophene rings is 1. The standard InChI is InChI=1S/C26H33N3O3S/c1-4-14-32-26(31)19-11-9-10-18(15-19)16-29-22(17-28(5-2)6-3)27-24-23(25(29)30)20-12-7-8-13-21(20)33-24/h9-11,15H,4-8,12-14,16-17H2,1-3H3. The predicted molar refractivity (Wildman–Crippen MR) is 133 cm³/mol. The zero-order valence-electron chi connectivity index (χ0n) is 19.9. The Bertz CT molecular complexity index is 1190. The van der Waals surface area contributed by atoms with E-state index in [0.717, 1.165) is 60.4 Å². The molecule has 0 spiro atoms. The summed E-state index contributed by atoms with van der Waals surface area (Å²) in [7, 11) is 0. The van der Waals surface area contributed by atoms with Crippen molar-refractivity contribution in [2.45, 2.75) is 66.0 Å². The Morgan fingerprint density at radius 3 is 2.73 bits per heavy atom. The van der Waals surface area contributed by atoms with Crippen LogP contribution in [0.1, 0.15) is 72.2 Å². The van der Waals surface area contributed by atoms with Gasteiger partial charge in [-0.1, -0.05) is 32.9 Å². The maximum absolute atomic E-state index is 13.8. The van der Waals surface area contributed by atoms with Crippen LogP contribution in [-0.2, 0) is 30.7 Å². The van der Waals surface area contributed by atoms with Crippen LogP contribution in [0.15, 0.2) is 29.1 Å². The summed E-state index contributed by atoms with van der Waals surface area (Å²) in [4.78, 5) is 35.7. The number of carbonyl (C=O) groups excluding carboxylic acids is 1. The molecule has 33 heavy (non-hydrogen) atoms. The van der Waals surface area contributed by atoms with E-state index in [4.69, 9.17) is 9.72 Å². The normalized spacial score (nSPS) is 13.5. The number of rotatable bonds is 9. The summed E-state index contributed by atoms with van der Waals surface area (Å²) in [6.45, 7) is 9.42. The Morgan fingerprint density at radius 2 is 1.97 bits per heavy atom. The maximum Gasteiger partial charge on any atom is 0.338 e. The maximum atomic E-state index is 13.8. The Kier molecular flexibility index (Phi) is 7.60. The van der Waals surface area contributed by atoms with Crippen molar-refractivity contribution >= 4 is 27.5 Å². The van der Waals surface area contributed by atoms with Gasteiger partial charge in [0, 0.05) is 4.88 Å². The Hall–Kier alpha value is -2.51. The lowest BCUT2D eigenvalue weighted by Crippen LogP contribution is -2.31. The minimum absolute atomic E-state index is 0.0421. The number of nitrogens with zero attached hydrogens (tertiary/aromatic N) is 3. The van der Waals surface area contributed by atoms with Gasteiger partial charge in [-0.05, 0) is 68.5 Å². The van der Waals surface area contributed by atoms with Crippen molar-refractivity contribution in [3.05, 3.63) is 62.0 Å². The summed E-state index contributed by atoms with van der Waals surface area (Å²) >= 11 is 1.70. The van der Waals surface area contributed by atoms with Gasteiger partial charge < -0.3 is 4.74 Å². The van der Waals surface area contributed by atoms with E-state index >= 15 is 0 Å². The van der Waals surface area contributed by atoms with Crippen molar-refractivity contribution in [2.75, 3.05) is 19.7 Å². The molecule has 0 amide bonds. The third kappa shape index (κ3) is 5.04. The first-order valence-corrected chi connectivity index (χ1v) is 12.9. The number of aryl methyl sites for hydroxylation is 2. The van der Waals surface area contributed by atoms with E-state index in [0.29, 0.717) is 25.3 Å². The molecule has 7 heteroatoms. The Morgan fingerprint density at radius 1 is 1.18 bits per heavy atom. The van der Waals surface area contributed by atoms with Gasteiger partial charge in [0.25, 0.3) is 5.56 Å². The molecule has 0 atom stereocenters. The third-order valence-corrected chi connectivity index (χ3v) is 7.54. The molecule has 0 aliphatic heterocycles. The molecule has 176 valence electrons. The van der Waals surface area contributed by atoms with Crippen LogP contribution >= 0.6 is 11.3 Å². The molecule has 0 N–H and O–H groups in total. The summed E-state index contributed by atoms with van der Waals surface area (Å²) < 4.78 is 7.11. The largest absolute Gasteiger partial charge is 0.462 e. The quantitative estimate of drug-likeness (QED) is 0.423. The van der Waals surface area contributed by atoms with Gasteiger partial charge in [0.05, 0.1) is 30.6 Å². The monoisotopic (exact) mass is 467 g/mol. The molecule has 0 fully saturated rings. The summed E-state index contributed by atoms with van der Waals surface area (Å²) in [6.07, 6.45) is 5.10. The number of carbonyl (C=O) groups is 1. The van der Waals surface area contributed by atoms with Crippen molar-refractivity contribution in [1.82, 2.24) is 14.5 Å². The van der Waals surface area contributed by atoms with E-state index in [-0.39, 0.29) is 11.5 Å². The van der Waals surface area contributed by atoms with Crippen LogP contribution in [0.25, 0.3) is 10.2 Å². The van der Waals surface area contributed by atoms with Crippen LogP contribution in [0.3, 0.4) is 0 Å². The molecule has 3 aromatic rings. The first-order valence-electron chi connectivity index (χ1n) is 12.1. The van der Waals surface area contributed by atoms with Gasteiger partial charge in [0.2, 0.25) is 0 Å². The molecule has 1 aromatic carbocycles. The number of esters is 1. The molecule has 2 heterocycles. The van der Waals surface area contributed by atoms with Gasteiger partial charge >= 0.3 is 5.97 Å². The van der Waals surface area contributed by atoms with E-state index in [1.54, 1.807) is 17.4 Å². The summed E-state index contributed by atoms with van der Waals surface area (Å²) in [5.74, 6) is 0.462. The molecule has 0 saturated heterocycles. The molecule has 2 aromatic heterocycles. The fourth-order valence-corrected chi connectivity index (χ4v) is 5.74. The van der Waals surface area contributed by atoms with Crippen molar-refractivity contribution in [3.63, 3.8) is 0 Å². The average Bonchev–Trinajstić information content (AvgIpc) is 3.21. The van der Waals surface area contributed by atoms with Crippen molar-refractivity contribution in [3.8, 4) is 0 Å². The third-order valence-electron chi connectivity index (χ3n) is 6.35. The van der Waals surface area contributed by atoms with Crippen molar-refractivity contribution in [2.24, 2.45) is 0 Å². The molecule has 0 saturated carbocycles. The average molecular weight is 468 g/mol. The molecular formula is C26H33N3O3S. The zero-order valence-corrected chi connectivity index (χ0v) is 20.7. The van der Waals surface area contributed by atoms with E-state index in [1.807, 2.05) is 29.7 Å². The number of fused-ring (bicyclic) bond motifs is 3. The Balaban J connectivity index is 1.77. The van der Waals surface area contributed by atoms with Gasteiger partial charge in [-0.25, -0.2) is 9.78 Å². The second-order valence-electron chi connectivity index (χ2n) is 8.61. The summed E-state index contributed by atoms with van der Waals surface area (Å²) in [5, 5.41) is 0.802. The second-order valence-corrected chi connectivity index (χ2v) is 9.69. The molecule has 0 radical (unpaired) electrons. The second kappa shape index (κ2) is 10.6. The van der Waals surface area contributed by atoms with Crippen molar-refractivity contribution in [1.29, 1.82) is 0 Å². The number of aromatic nitrogens is 2. The molecule has 6 nitrogen and oxygen atoms in total. The molecule has 4 rings (SSSR count). The number of ether oxygens (including phenoxy) is 1. The van der Waals surface area contributed by atoms with Crippen LogP contribution in [0.2, 0.25) is 0 Å². The van der Waals surface area contributed by atoms with Crippen LogP contribution in [0.5, 0.6) is 0 Å². The molecule has 1 aliphatic rings. The minimum atomic E-state index is -0.324. The van der Waals surface area contributed by atoms with Gasteiger partial charge in [0.1, 0.15) is 10.7 Å². The van der Waals surface area contributed by atoms with Crippen LogP contribution in [0.4, 0.5) is 0 Å². The fourth-order valence-electron chi connectivity index (χ4n) is 4.47. The van der Waals surface area contributed by atoms with E-state index in [2.05, 4.69) is 18.7 Å². The van der Waals surface area contributed by atoms with Gasteiger partial charge in [-0.15, -0.1) is 11.3 Å². The van der Waals surface area contributed by atoms with Crippen LogP contribution in [0, 0.1) is 0 Å². The van der Waals surface area contributed by atoms with Crippen molar-refractivity contribution < 1.29 is 9.53 Å². The lowest BCUT2D eigenvalue weighted by molar-refractivity contribution is 0.0505. The lowest BCUT2D eigenvalue weighted by atomic mass is 9.97. The highest BCUT2D eigenvalue weighted by molar-refractivity contribution is 7.18. The van der Waals surface area contributed by atoms with E-state index in [1.165, 1.54) is 16.9 Å². The zero-order chi connectivity index (χ0) is 23.4. The van der Waals surface area contributed by atoms with Crippen LogP contribution < -0.4 is 5.56 Å².